The van der Waals surface area contributed by atoms with Crippen LogP contribution in [0.5, 0.6) is 5.75 Å². The molecule has 20 heteroatoms. The normalized spacial score (nSPS) is 17.8. The number of methoxy groups -OCH3 is 1. The summed E-state index contributed by atoms with van der Waals surface area (Å²) < 4.78 is 143. The molecule has 11 nitrogen and oxygen atoms in total. The largest absolute Gasteiger partial charge is 0.497 e. The third-order valence-corrected chi connectivity index (χ3v) is 10.8. The summed E-state index contributed by atoms with van der Waals surface area (Å²) in [4.78, 5) is 65.5. The fraction of sp³-hybridized carbons (Fsp3) is 0.500. The van der Waals surface area contributed by atoms with Crippen molar-refractivity contribution in [1.82, 2.24) is 15.5 Å². The van der Waals surface area contributed by atoms with Gasteiger partial charge in [0.25, 0.3) is 11.8 Å². The number of sulfone groups is 1. The van der Waals surface area contributed by atoms with Gasteiger partial charge >= 0.3 is 18.0 Å². The van der Waals surface area contributed by atoms with Crippen molar-refractivity contribution in [2.75, 3.05) is 20.2 Å². The molecule has 4 atom stereocenters. The number of benzene rings is 2. The fourth-order valence-electron chi connectivity index (χ4n) is 5.71. The molecule has 2 aromatic rings. The number of likely N-dealkylation sites (tertiary alicyclic amines) is 1. The molecule has 1 saturated heterocycles. The van der Waals surface area contributed by atoms with Crippen LogP contribution in [-0.2, 0) is 45.5 Å². The number of amides is 3. The quantitative estimate of drug-likeness (QED) is 0.190. The molecule has 2 N–H and O–H groups in total. The number of carbonyl (C=O) groups is 5. The van der Waals surface area contributed by atoms with E-state index in [0.717, 1.165) is 30.4 Å². The minimum atomic E-state index is -5.10. The van der Waals surface area contributed by atoms with Crippen LogP contribution in [0, 0.1) is 17.7 Å². The molecule has 0 saturated carbocycles. The van der Waals surface area contributed by atoms with Crippen LogP contribution < -0.4 is 15.4 Å². The maximum Gasteiger partial charge on any atom is 0.405 e. The van der Waals surface area contributed by atoms with Gasteiger partial charge in [0.05, 0.1) is 24.2 Å². The van der Waals surface area contributed by atoms with Crippen molar-refractivity contribution in [3.63, 3.8) is 0 Å². The molecule has 0 bridgehead atoms. The van der Waals surface area contributed by atoms with E-state index in [1.54, 1.807) is 5.32 Å². The standard InChI is InChI=1S/C34H37F8N3O8S/c1-18(2)25(28(47)34(41,42)30(49)43-17-32(36,37)38)14-27(46)26-13-24(54(51,52)16-20-8-10-23(53-4)11-9-20)15-45(26)29(48)19(3)44-31(50)33(39,40)21-6-5-7-22(35)12-21/h5-12,18-19,24-26H,13-17H2,1-4H3,(H,43,49)(H,44,50)/t19-,24+,25-,26-/m0/s1. The summed E-state index contributed by atoms with van der Waals surface area (Å²) in [5.74, 6) is -23.2. The Kier molecular flexibility index (Phi) is 13.6. The third-order valence-electron chi connectivity index (χ3n) is 8.75. The molecule has 3 amide bonds. The van der Waals surface area contributed by atoms with Crippen LogP contribution in [0.3, 0.4) is 0 Å². The summed E-state index contributed by atoms with van der Waals surface area (Å²) in [6, 6.07) is 5.00. The number of rotatable bonds is 16. The number of nitrogens with zero attached hydrogens (tertiary/aromatic N) is 1. The highest BCUT2D eigenvalue weighted by Crippen LogP contribution is 2.33. The number of alkyl halides is 7. The summed E-state index contributed by atoms with van der Waals surface area (Å²) in [7, 11) is -2.88. The molecule has 0 aromatic heterocycles. The molecule has 298 valence electrons. The molecule has 2 aromatic carbocycles. The lowest BCUT2D eigenvalue weighted by atomic mass is 9.82. The Morgan fingerprint density at radius 2 is 1.54 bits per heavy atom. The van der Waals surface area contributed by atoms with Crippen molar-refractivity contribution in [1.29, 1.82) is 0 Å². The van der Waals surface area contributed by atoms with Gasteiger partial charge in [-0.2, -0.15) is 30.7 Å². The average molecular weight is 800 g/mol. The minimum absolute atomic E-state index is 0.264. The second-order valence-electron chi connectivity index (χ2n) is 13.1. The molecule has 0 unspecified atom stereocenters. The number of Topliss-reactive ketones (excluding diaryl/α,β-unsaturated/α-hetero) is 2. The van der Waals surface area contributed by atoms with Crippen molar-refractivity contribution in [3.8, 4) is 5.75 Å². The molecular formula is C34H37F8N3O8S. The van der Waals surface area contributed by atoms with E-state index in [1.807, 2.05) is 0 Å². The van der Waals surface area contributed by atoms with Crippen LogP contribution >= 0.6 is 0 Å². The van der Waals surface area contributed by atoms with Gasteiger partial charge in [0.15, 0.2) is 15.6 Å². The van der Waals surface area contributed by atoms with Gasteiger partial charge in [-0.25, -0.2) is 12.8 Å². The summed E-state index contributed by atoms with van der Waals surface area (Å²) in [5, 5.41) is 1.16. The van der Waals surface area contributed by atoms with E-state index >= 15 is 0 Å². The van der Waals surface area contributed by atoms with E-state index in [9.17, 15) is 67.5 Å². The molecule has 0 spiro atoms. The predicted octanol–water partition coefficient (Wildman–Crippen LogP) is 4.13. The lowest BCUT2D eigenvalue weighted by Crippen LogP contribution is -2.54. The van der Waals surface area contributed by atoms with Crippen molar-refractivity contribution in [2.24, 2.45) is 11.8 Å². The molecule has 1 aliphatic rings. The number of hydrogen-bond acceptors (Lipinski definition) is 8. The zero-order chi connectivity index (χ0) is 41.0. The Balaban J connectivity index is 1.92. The molecule has 0 radical (unpaired) electrons. The molecule has 0 aliphatic carbocycles. The minimum Gasteiger partial charge on any atom is -0.497 e. The van der Waals surface area contributed by atoms with Crippen molar-refractivity contribution < 1.29 is 72.3 Å². The molecular weight excluding hydrogens is 762 g/mol. The van der Waals surface area contributed by atoms with E-state index in [0.29, 0.717) is 16.7 Å². The van der Waals surface area contributed by atoms with Crippen molar-refractivity contribution >= 4 is 39.1 Å². The van der Waals surface area contributed by atoms with Gasteiger partial charge < -0.3 is 20.3 Å². The van der Waals surface area contributed by atoms with Gasteiger partial charge in [-0.15, -0.1) is 0 Å². The first-order valence-corrected chi connectivity index (χ1v) is 17.9. The Morgan fingerprint density at radius 3 is 2.07 bits per heavy atom. The Bertz CT molecular complexity index is 1840. The van der Waals surface area contributed by atoms with Gasteiger partial charge in [-0.05, 0) is 49.1 Å². The maximum absolute atomic E-state index is 14.9. The smallest absolute Gasteiger partial charge is 0.405 e. The topological polar surface area (TPSA) is 156 Å². The average Bonchev–Trinajstić information content (AvgIpc) is 3.55. The first-order valence-electron chi connectivity index (χ1n) is 16.2. The summed E-state index contributed by atoms with van der Waals surface area (Å²) >= 11 is 0. The van der Waals surface area contributed by atoms with Crippen LogP contribution in [-0.4, -0.2) is 92.2 Å². The van der Waals surface area contributed by atoms with Gasteiger partial charge in [-0.1, -0.05) is 38.1 Å². The highest BCUT2D eigenvalue weighted by molar-refractivity contribution is 7.91. The Hall–Kier alpha value is -4.62. The summed E-state index contributed by atoms with van der Waals surface area (Å²) in [6.07, 6.45) is -6.90. The van der Waals surface area contributed by atoms with Gasteiger partial charge in [0, 0.05) is 24.4 Å². The van der Waals surface area contributed by atoms with Gasteiger partial charge in [0.2, 0.25) is 11.7 Å². The molecule has 54 heavy (non-hydrogen) atoms. The zero-order valence-corrected chi connectivity index (χ0v) is 30.0. The molecule has 1 heterocycles. The van der Waals surface area contributed by atoms with Crippen LogP contribution in [0.1, 0.15) is 44.7 Å². The maximum atomic E-state index is 14.9. The van der Waals surface area contributed by atoms with Crippen LogP contribution in [0.4, 0.5) is 35.1 Å². The SMILES string of the molecule is COc1ccc(CS(=O)(=O)[C@@H]2C[C@@H](C(=O)C[C@H](C(=O)C(F)(F)C(=O)NCC(F)(F)F)C(C)C)N(C(=O)[C@H](C)NC(=O)C(F)(F)c3cccc(F)c3)C2)cc1. The van der Waals surface area contributed by atoms with Crippen LogP contribution in [0.2, 0.25) is 0 Å². The van der Waals surface area contributed by atoms with E-state index in [-0.39, 0.29) is 5.56 Å². The number of halogens is 8. The number of ketones is 2. The zero-order valence-electron chi connectivity index (χ0n) is 29.2. The van der Waals surface area contributed by atoms with E-state index in [2.05, 4.69) is 0 Å². The Morgan fingerprint density at radius 1 is 0.926 bits per heavy atom. The van der Waals surface area contributed by atoms with Crippen molar-refractivity contribution in [3.05, 3.63) is 65.5 Å². The molecule has 1 aliphatic heterocycles. The van der Waals surface area contributed by atoms with Crippen LogP contribution in [0.15, 0.2) is 48.5 Å². The van der Waals surface area contributed by atoms with E-state index < -0.39 is 129 Å². The number of carbonyl (C=O) groups excluding carboxylic acids is 5. The van der Waals surface area contributed by atoms with Crippen LogP contribution in [0.25, 0.3) is 0 Å². The first kappa shape index (κ1) is 43.8. The van der Waals surface area contributed by atoms with E-state index in [4.69, 9.17) is 4.74 Å². The number of nitrogens with one attached hydrogen (secondary N) is 2. The second kappa shape index (κ2) is 16.8. The second-order valence-corrected chi connectivity index (χ2v) is 15.3. The van der Waals surface area contributed by atoms with E-state index in [1.165, 1.54) is 45.2 Å². The Labute approximate surface area is 304 Å². The summed E-state index contributed by atoms with van der Waals surface area (Å²) in [5.41, 5.74) is -0.799. The third kappa shape index (κ3) is 10.5. The van der Waals surface area contributed by atoms with Gasteiger partial charge in [0.1, 0.15) is 24.2 Å². The monoisotopic (exact) mass is 799 g/mol. The fourth-order valence-corrected chi connectivity index (χ4v) is 7.47. The lowest BCUT2D eigenvalue weighted by molar-refractivity contribution is -0.167. The summed E-state index contributed by atoms with van der Waals surface area (Å²) in [6.45, 7) is 0.382. The molecule has 3 rings (SSSR count). The van der Waals surface area contributed by atoms with Gasteiger partial charge in [-0.3, -0.25) is 24.0 Å². The molecule has 1 fully saturated rings. The first-order chi connectivity index (χ1) is 24.8. The number of ether oxygens (including phenoxy) is 1. The highest BCUT2D eigenvalue weighted by atomic mass is 32.2. The predicted molar refractivity (Wildman–Crippen MR) is 174 cm³/mol. The van der Waals surface area contributed by atoms with Crippen molar-refractivity contribution in [2.45, 2.75) is 74.7 Å². The lowest BCUT2D eigenvalue weighted by Gasteiger charge is -2.29. The highest BCUT2D eigenvalue weighted by Gasteiger charge is 2.53. The number of hydrogen-bond donors (Lipinski definition) is 2.